The fourth-order valence-corrected chi connectivity index (χ4v) is 1.64. The highest BCUT2D eigenvalue weighted by Crippen LogP contribution is 2.13. The zero-order chi connectivity index (χ0) is 12.8. The first-order valence-corrected chi connectivity index (χ1v) is 5.78. The van der Waals surface area contributed by atoms with Crippen molar-refractivity contribution < 1.29 is 0 Å². The van der Waals surface area contributed by atoms with E-state index >= 15 is 0 Å². The molecule has 1 aromatic heterocycles. The lowest BCUT2D eigenvalue weighted by atomic mass is 10.1. The first-order valence-electron chi connectivity index (χ1n) is 5.78. The number of nitriles is 1. The second kappa shape index (κ2) is 5.89. The molecule has 0 spiro atoms. The van der Waals surface area contributed by atoms with Gasteiger partial charge < -0.3 is 5.32 Å². The van der Waals surface area contributed by atoms with Gasteiger partial charge in [0.25, 0.3) is 0 Å². The van der Waals surface area contributed by atoms with Crippen molar-refractivity contribution >= 4 is 0 Å². The van der Waals surface area contributed by atoms with Gasteiger partial charge in [-0.3, -0.25) is 9.97 Å². The topological polar surface area (TPSA) is 61.6 Å². The minimum Gasteiger partial charge on any atom is -0.305 e. The van der Waals surface area contributed by atoms with Crippen LogP contribution in [0.1, 0.15) is 29.8 Å². The Labute approximate surface area is 106 Å². The van der Waals surface area contributed by atoms with Gasteiger partial charge in [0.2, 0.25) is 0 Å². The Kier molecular flexibility index (Phi) is 4.00. The van der Waals surface area contributed by atoms with Gasteiger partial charge in [0.05, 0.1) is 17.3 Å². The van der Waals surface area contributed by atoms with Crippen LogP contribution in [0, 0.1) is 11.3 Å². The van der Waals surface area contributed by atoms with Crippen molar-refractivity contribution in [3.05, 3.63) is 59.7 Å². The SMILES string of the molecule is CC(NCc1cnccn1)c1ccc(C#N)cc1. The van der Waals surface area contributed by atoms with Crippen molar-refractivity contribution in [2.75, 3.05) is 0 Å². The van der Waals surface area contributed by atoms with Crippen molar-refractivity contribution in [1.29, 1.82) is 5.26 Å². The van der Waals surface area contributed by atoms with E-state index in [0.29, 0.717) is 12.1 Å². The Morgan fingerprint density at radius 1 is 1.28 bits per heavy atom. The number of nitrogens with zero attached hydrogens (tertiary/aromatic N) is 3. The lowest BCUT2D eigenvalue weighted by Crippen LogP contribution is -2.18. The number of rotatable bonds is 4. The molecule has 18 heavy (non-hydrogen) atoms. The number of hydrogen-bond donors (Lipinski definition) is 1. The molecule has 0 amide bonds. The Bertz CT molecular complexity index is 528. The largest absolute Gasteiger partial charge is 0.305 e. The predicted octanol–water partition coefficient (Wildman–Crippen LogP) is 2.20. The van der Waals surface area contributed by atoms with E-state index in [1.807, 2.05) is 24.3 Å². The molecule has 4 nitrogen and oxygen atoms in total. The fourth-order valence-electron chi connectivity index (χ4n) is 1.64. The maximum Gasteiger partial charge on any atom is 0.0991 e. The van der Waals surface area contributed by atoms with Gasteiger partial charge in [-0.25, -0.2) is 0 Å². The Balaban J connectivity index is 1.95. The van der Waals surface area contributed by atoms with Crippen LogP contribution in [-0.4, -0.2) is 9.97 Å². The maximum absolute atomic E-state index is 8.74. The molecule has 0 aliphatic heterocycles. The third-order valence-electron chi connectivity index (χ3n) is 2.75. The van der Waals surface area contributed by atoms with Gasteiger partial charge in [-0.2, -0.15) is 5.26 Å². The zero-order valence-corrected chi connectivity index (χ0v) is 10.2. The molecule has 0 radical (unpaired) electrons. The summed E-state index contributed by atoms with van der Waals surface area (Å²) in [6, 6.07) is 9.91. The lowest BCUT2D eigenvalue weighted by Gasteiger charge is -2.13. The molecule has 4 heteroatoms. The van der Waals surface area contributed by atoms with Gasteiger partial charge >= 0.3 is 0 Å². The zero-order valence-electron chi connectivity index (χ0n) is 10.2. The summed E-state index contributed by atoms with van der Waals surface area (Å²) < 4.78 is 0. The van der Waals surface area contributed by atoms with Crippen molar-refractivity contribution in [2.24, 2.45) is 0 Å². The second-order valence-corrected chi connectivity index (χ2v) is 4.03. The normalized spacial score (nSPS) is 11.8. The highest BCUT2D eigenvalue weighted by Gasteiger charge is 2.05. The van der Waals surface area contributed by atoms with Crippen LogP contribution in [0.5, 0.6) is 0 Å². The molecule has 1 aromatic carbocycles. The standard InChI is InChI=1S/C14H14N4/c1-11(13-4-2-12(8-15)3-5-13)18-10-14-9-16-6-7-17-14/h2-7,9,11,18H,10H2,1H3. The average Bonchev–Trinajstić information content (AvgIpc) is 2.46. The van der Waals surface area contributed by atoms with Crippen LogP contribution in [0.2, 0.25) is 0 Å². The molecule has 1 unspecified atom stereocenters. The molecule has 1 atom stereocenters. The van der Waals surface area contributed by atoms with Gasteiger partial charge in [-0.1, -0.05) is 12.1 Å². The molecule has 0 aliphatic rings. The molecule has 90 valence electrons. The van der Waals surface area contributed by atoms with E-state index in [2.05, 4.69) is 28.3 Å². The van der Waals surface area contributed by atoms with E-state index in [0.717, 1.165) is 11.3 Å². The van der Waals surface area contributed by atoms with E-state index in [1.165, 1.54) is 0 Å². The molecule has 0 fully saturated rings. The summed E-state index contributed by atoms with van der Waals surface area (Å²) in [4.78, 5) is 8.22. The summed E-state index contributed by atoms with van der Waals surface area (Å²) in [7, 11) is 0. The summed E-state index contributed by atoms with van der Waals surface area (Å²) in [6.07, 6.45) is 5.09. The molecule has 0 aliphatic carbocycles. The second-order valence-electron chi connectivity index (χ2n) is 4.03. The van der Waals surface area contributed by atoms with Crippen LogP contribution in [0.15, 0.2) is 42.9 Å². The van der Waals surface area contributed by atoms with Crippen LogP contribution >= 0.6 is 0 Å². The molecule has 1 N–H and O–H groups in total. The highest BCUT2D eigenvalue weighted by atomic mass is 14.9. The lowest BCUT2D eigenvalue weighted by molar-refractivity contribution is 0.566. The van der Waals surface area contributed by atoms with Crippen molar-refractivity contribution in [3.63, 3.8) is 0 Å². The average molecular weight is 238 g/mol. The number of aromatic nitrogens is 2. The summed E-state index contributed by atoms with van der Waals surface area (Å²) in [5.74, 6) is 0. The Morgan fingerprint density at radius 3 is 2.67 bits per heavy atom. The van der Waals surface area contributed by atoms with Gasteiger partial charge in [0.1, 0.15) is 0 Å². The summed E-state index contributed by atoms with van der Waals surface area (Å²) in [5.41, 5.74) is 2.75. The highest BCUT2D eigenvalue weighted by molar-refractivity contribution is 5.32. The van der Waals surface area contributed by atoms with E-state index in [9.17, 15) is 0 Å². The third-order valence-corrected chi connectivity index (χ3v) is 2.75. The van der Waals surface area contributed by atoms with E-state index in [1.54, 1.807) is 18.6 Å². The molecule has 0 saturated carbocycles. The predicted molar refractivity (Wildman–Crippen MR) is 68.4 cm³/mol. The third kappa shape index (κ3) is 3.12. The molecule has 1 heterocycles. The minimum atomic E-state index is 0.208. The first-order chi connectivity index (χ1) is 8.79. The summed E-state index contributed by atoms with van der Waals surface area (Å²) in [5, 5.41) is 12.1. The minimum absolute atomic E-state index is 0.208. The van der Waals surface area contributed by atoms with Gasteiger partial charge in [-0.05, 0) is 24.6 Å². The summed E-state index contributed by atoms with van der Waals surface area (Å²) in [6.45, 7) is 2.76. The van der Waals surface area contributed by atoms with Crippen LogP contribution in [0.25, 0.3) is 0 Å². The molecule has 0 saturated heterocycles. The Morgan fingerprint density at radius 2 is 2.06 bits per heavy atom. The fraction of sp³-hybridized carbons (Fsp3) is 0.214. The van der Waals surface area contributed by atoms with Gasteiger partial charge in [0, 0.05) is 31.2 Å². The first kappa shape index (κ1) is 12.2. The molecule has 2 rings (SSSR count). The van der Waals surface area contributed by atoms with Gasteiger partial charge in [0.15, 0.2) is 0 Å². The molecular weight excluding hydrogens is 224 g/mol. The monoisotopic (exact) mass is 238 g/mol. The van der Waals surface area contributed by atoms with Crippen molar-refractivity contribution in [3.8, 4) is 6.07 Å². The van der Waals surface area contributed by atoms with Gasteiger partial charge in [-0.15, -0.1) is 0 Å². The number of hydrogen-bond acceptors (Lipinski definition) is 4. The summed E-state index contributed by atoms with van der Waals surface area (Å²) >= 11 is 0. The van der Waals surface area contributed by atoms with E-state index in [-0.39, 0.29) is 6.04 Å². The van der Waals surface area contributed by atoms with Crippen LogP contribution in [0.4, 0.5) is 0 Å². The van der Waals surface area contributed by atoms with Crippen LogP contribution in [-0.2, 0) is 6.54 Å². The quantitative estimate of drug-likeness (QED) is 0.887. The Hall–Kier alpha value is -2.25. The van der Waals surface area contributed by atoms with Crippen LogP contribution < -0.4 is 5.32 Å². The maximum atomic E-state index is 8.74. The van der Waals surface area contributed by atoms with Crippen LogP contribution in [0.3, 0.4) is 0 Å². The molecule has 2 aromatic rings. The smallest absolute Gasteiger partial charge is 0.0991 e. The van der Waals surface area contributed by atoms with E-state index < -0.39 is 0 Å². The van der Waals surface area contributed by atoms with Crippen molar-refractivity contribution in [2.45, 2.75) is 19.5 Å². The van der Waals surface area contributed by atoms with E-state index in [4.69, 9.17) is 5.26 Å². The number of benzene rings is 1. The number of nitrogens with one attached hydrogen (secondary N) is 1. The molecular formula is C14H14N4. The molecule has 0 bridgehead atoms. The van der Waals surface area contributed by atoms with Crippen molar-refractivity contribution in [1.82, 2.24) is 15.3 Å².